The van der Waals surface area contributed by atoms with Crippen molar-refractivity contribution in [1.29, 1.82) is 0 Å². The second-order valence-corrected chi connectivity index (χ2v) is 7.75. The molecule has 0 saturated heterocycles. The maximum atomic E-state index is 12.9. The quantitative estimate of drug-likeness (QED) is 0.619. The second kappa shape index (κ2) is 6.02. The molecule has 0 N–H and O–H groups in total. The van der Waals surface area contributed by atoms with Gasteiger partial charge in [-0.3, -0.25) is 14.4 Å². The summed E-state index contributed by atoms with van der Waals surface area (Å²) in [7, 11) is -2.75. The Kier molecular flexibility index (Phi) is 4.14. The summed E-state index contributed by atoms with van der Waals surface area (Å²) in [6.45, 7) is 1.36. The van der Waals surface area contributed by atoms with Crippen LogP contribution < -0.4 is 0 Å². The van der Waals surface area contributed by atoms with Gasteiger partial charge in [-0.05, 0) is 25.1 Å². The maximum Gasteiger partial charge on any atom is 0.244 e. The van der Waals surface area contributed by atoms with Gasteiger partial charge in [0.25, 0.3) is 0 Å². The summed E-state index contributed by atoms with van der Waals surface area (Å²) >= 11 is 0. The zero-order valence-electron chi connectivity index (χ0n) is 13.6. The molecular weight excluding hydrogens is 342 g/mol. The molecule has 3 rings (SSSR count). The monoisotopic (exact) mass is 357 g/mol. The summed E-state index contributed by atoms with van der Waals surface area (Å²) in [4.78, 5) is 37.0. The first-order valence-corrected chi connectivity index (χ1v) is 8.95. The fourth-order valence-electron chi connectivity index (χ4n) is 2.83. The number of benzene rings is 2. The summed E-state index contributed by atoms with van der Waals surface area (Å²) in [5.74, 6) is -1.46. The smallest absolute Gasteiger partial charge is 0.244 e. The third kappa shape index (κ3) is 2.71. The van der Waals surface area contributed by atoms with Gasteiger partial charge in [0.1, 0.15) is 0 Å². The molecule has 0 aromatic heterocycles. The van der Waals surface area contributed by atoms with Gasteiger partial charge in [0.15, 0.2) is 23.4 Å². The van der Waals surface area contributed by atoms with Crippen LogP contribution in [0.25, 0.3) is 0 Å². The number of rotatable bonds is 3. The molecule has 6 nitrogen and oxygen atoms in total. The molecule has 25 heavy (non-hydrogen) atoms. The van der Waals surface area contributed by atoms with Crippen LogP contribution in [0.1, 0.15) is 38.0 Å². The highest BCUT2D eigenvalue weighted by atomic mass is 32.2. The van der Waals surface area contributed by atoms with Gasteiger partial charge in [0, 0.05) is 23.7 Å². The van der Waals surface area contributed by atoms with Crippen LogP contribution in [-0.2, 0) is 10.0 Å². The van der Waals surface area contributed by atoms with Crippen LogP contribution in [0.15, 0.2) is 53.4 Å². The summed E-state index contributed by atoms with van der Waals surface area (Å²) in [6, 6.07) is 10.2. The van der Waals surface area contributed by atoms with Crippen molar-refractivity contribution in [2.24, 2.45) is 0 Å². The van der Waals surface area contributed by atoms with Crippen LogP contribution in [0.5, 0.6) is 0 Å². The zero-order valence-corrected chi connectivity index (χ0v) is 14.4. The highest BCUT2D eigenvalue weighted by molar-refractivity contribution is 7.89. The van der Waals surface area contributed by atoms with E-state index >= 15 is 0 Å². The first-order valence-electron chi connectivity index (χ1n) is 7.51. The number of fused-ring (bicyclic) bond motifs is 1. The lowest BCUT2D eigenvalue weighted by atomic mass is 9.95. The number of nitrogens with zero attached hydrogens (tertiary/aromatic N) is 1. The van der Waals surface area contributed by atoms with Crippen molar-refractivity contribution >= 4 is 27.4 Å². The van der Waals surface area contributed by atoms with Crippen LogP contribution in [-0.4, -0.2) is 43.2 Å². The van der Waals surface area contributed by atoms with Crippen LogP contribution >= 0.6 is 0 Å². The molecule has 2 aromatic rings. The van der Waals surface area contributed by atoms with E-state index in [0.29, 0.717) is 5.56 Å². The molecule has 0 aliphatic carbocycles. The normalized spacial score (nSPS) is 19.3. The minimum absolute atomic E-state index is 0.00155. The minimum Gasteiger partial charge on any atom is -0.295 e. The number of Topliss-reactive ketones (excluding diaryl/α,β-unsaturated/α-hetero) is 3. The topological polar surface area (TPSA) is 88.6 Å². The van der Waals surface area contributed by atoms with E-state index in [1.165, 1.54) is 50.4 Å². The molecule has 1 aliphatic rings. The third-order valence-electron chi connectivity index (χ3n) is 4.22. The highest BCUT2D eigenvalue weighted by Crippen LogP contribution is 2.30. The number of carbonyl (C=O) groups excluding carboxylic acids is 3. The minimum atomic E-state index is -3.96. The van der Waals surface area contributed by atoms with E-state index in [0.717, 1.165) is 4.31 Å². The summed E-state index contributed by atoms with van der Waals surface area (Å²) in [5, 5.41) is 0. The molecule has 0 spiro atoms. The van der Waals surface area contributed by atoms with E-state index in [9.17, 15) is 22.8 Å². The van der Waals surface area contributed by atoms with Crippen molar-refractivity contribution in [2.45, 2.75) is 17.9 Å². The lowest BCUT2D eigenvalue weighted by Crippen LogP contribution is -2.51. The molecule has 2 aromatic carbocycles. The van der Waals surface area contributed by atoms with Gasteiger partial charge in [-0.15, -0.1) is 0 Å². The Labute approximate surface area is 145 Å². The van der Waals surface area contributed by atoms with Crippen molar-refractivity contribution in [3.63, 3.8) is 0 Å². The number of hydrogen-bond donors (Lipinski definition) is 0. The lowest BCUT2D eigenvalue weighted by molar-refractivity contribution is 0.0784. The van der Waals surface area contributed by atoms with Gasteiger partial charge >= 0.3 is 0 Å². The molecule has 0 radical (unpaired) electrons. The van der Waals surface area contributed by atoms with Gasteiger partial charge in [0.2, 0.25) is 10.0 Å². The highest BCUT2D eigenvalue weighted by Gasteiger charge is 2.45. The SMILES string of the molecule is CC(=O)c1cccc(C(=O)C2C(=O)c3ccccc3S(=O)(=O)N2C)c1. The first-order chi connectivity index (χ1) is 11.7. The molecule has 0 saturated carbocycles. The summed E-state index contributed by atoms with van der Waals surface area (Å²) in [6.07, 6.45) is 0. The van der Waals surface area contributed by atoms with Crippen LogP contribution in [0, 0.1) is 0 Å². The molecule has 1 unspecified atom stereocenters. The Bertz CT molecular complexity index is 1010. The van der Waals surface area contributed by atoms with Crippen molar-refractivity contribution in [3.8, 4) is 0 Å². The molecule has 0 bridgehead atoms. The standard InChI is InChI=1S/C18H15NO5S/c1-11(20)12-6-5-7-13(10-12)17(21)16-18(22)14-8-3-4-9-15(14)25(23,24)19(16)2/h3-10,16H,1-2H3. The molecule has 128 valence electrons. The number of likely N-dealkylation sites (N-methyl/N-ethyl adjacent to an activating group) is 1. The second-order valence-electron chi connectivity index (χ2n) is 5.79. The molecular formula is C18H15NO5S. The predicted molar refractivity (Wildman–Crippen MR) is 90.3 cm³/mol. The van der Waals surface area contributed by atoms with Crippen molar-refractivity contribution in [2.75, 3.05) is 7.05 Å². The third-order valence-corrected chi connectivity index (χ3v) is 6.10. The van der Waals surface area contributed by atoms with Gasteiger partial charge in [-0.1, -0.05) is 30.3 Å². The molecule has 1 atom stereocenters. The van der Waals surface area contributed by atoms with E-state index in [1.54, 1.807) is 12.1 Å². The lowest BCUT2D eigenvalue weighted by Gasteiger charge is -2.31. The van der Waals surface area contributed by atoms with Crippen LogP contribution in [0.2, 0.25) is 0 Å². The Morgan fingerprint density at radius 2 is 1.64 bits per heavy atom. The molecule has 0 amide bonds. The largest absolute Gasteiger partial charge is 0.295 e. The van der Waals surface area contributed by atoms with E-state index < -0.39 is 27.6 Å². The zero-order chi connectivity index (χ0) is 18.4. The van der Waals surface area contributed by atoms with Crippen molar-refractivity contribution < 1.29 is 22.8 Å². The molecule has 7 heteroatoms. The number of hydrogen-bond acceptors (Lipinski definition) is 5. The molecule has 1 heterocycles. The van der Waals surface area contributed by atoms with Crippen LogP contribution in [0.4, 0.5) is 0 Å². The van der Waals surface area contributed by atoms with Gasteiger partial charge in [-0.25, -0.2) is 8.42 Å². The average molecular weight is 357 g/mol. The van der Waals surface area contributed by atoms with E-state index in [1.807, 2.05) is 0 Å². The maximum absolute atomic E-state index is 12.9. The Morgan fingerprint density at radius 3 is 2.32 bits per heavy atom. The van der Waals surface area contributed by atoms with E-state index in [4.69, 9.17) is 0 Å². The molecule has 0 fully saturated rings. The average Bonchev–Trinajstić information content (AvgIpc) is 2.60. The van der Waals surface area contributed by atoms with E-state index in [-0.39, 0.29) is 21.8 Å². The predicted octanol–water partition coefficient (Wildman–Crippen LogP) is 1.96. The fraction of sp³-hybridized carbons (Fsp3) is 0.167. The van der Waals surface area contributed by atoms with Crippen molar-refractivity contribution in [1.82, 2.24) is 4.31 Å². The number of ketones is 3. The van der Waals surface area contributed by atoms with E-state index in [2.05, 4.69) is 0 Å². The Morgan fingerprint density at radius 1 is 1.00 bits per heavy atom. The first kappa shape index (κ1) is 17.2. The number of sulfonamides is 1. The Balaban J connectivity index is 2.12. The Hall–Kier alpha value is -2.64. The summed E-state index contributed by atoms with van der Waals surface area (Å²) < 4.78 is 26.1. The van der Waals surface area contributed by atoms with Crippen LogP contribution in [0.3, 0.4) is 0 Å². The van der Waals surface area contributed by atoms with Gasteiger partial charge < -0.3 is 0 Å². The van der Waals surface area contributed by atoms with Crippen molar-refractivity contribution in [3.05, 3.63) is 65.2 Å². The summed E-state index contributed by atoms with van der Waals surface area (Å²) in [5.41, 5.74) is 0.439. The molecule has 1 aliphatic heterocycles. The van der Waals surface area contributed by atoms with Gasteiger partial charge in [-0.2, -0.15) is 4.31 Å². The van der Waals surface area contributed by atoms with Gasteiger partial charge in [0.05, 0.1) is 4.90 Å². The fourth-order valence-corrected chi connectivity index (χ4v) is 4.31. The number of carbonyl (C=O) groups is 3.